The Hall–Kier alpha value is -0.100. The molecule has 0 aromatic carbocycles. The summed E-state index contributed by atoms with van der Waals surface area (Å²) in [6, 6.07) is 0. The summed E-state index contributed by atoms with van der Waals surface area (Å²) in [5.41, 5.74) is -1.33. The van der Waals surface area contributed by atoms with Gasteiger partial charge in [-0.1, -0.05) is 17.4 Å². The second-order valence-corrected chi connectivity index (χ2v) is 4.66. The highest BCUT2D eigenvalue weighted by molar-refractivity contribution is 8.69. The van der Waals surface area contributed by atoms with Gasteiger partial charge in [0, 0.05) is 0 Å². The van der Waals surface area contributed by atoms with E-state index < -0.39 is 22.3 Å². The molecule has 0 aliphatic rings. The number of thiol groups is 1. The molecule has 1 nitrogen and oxygen atoms in total. The van der Waals surface area contributed by atoms with Gasteiger partial charge in [-0.2, -0.15) is 13.2 Å². The van der Waals surface area contributed by atoms with Crippen molar-refractivity contribution < 1.29 is 18.0 Å². The average molecular weight is 230 g/mol. The Morgan fingerprint density at radius 3 is 2.00 bits per heavy atom. The number of carbonyl (C=O) groups excluding carboxylic acids is 1. The Balaban J connectivity index is 4.74. The van der Waals surface area contributed by atoms with Crippen LogP contribution >= 0.6 is 22.5 Å². The van der Waals surface area contributed by atoms with Gasteiger partial charge in [-0.05, 0) is 13.8 Å². The summed E-state index contributed by atoms with van der Waals surface area (Å²) in [7, 11) is 0.764. The summed E-state index contributed by atoms with van der Waals surface area (Å²) in [5.74, 6) is -1.04. The van der Waals surface area contributed by atoms with Crippen LogP contribution in [0.3, 0.4) is 0 Å². The molecule has 0 saturated heterocycles. The maximum Gasteiger partial charge on any atom is 0.419 e. The monoisotopic (exact) mass is 230 g/mol. The van der Waals surface area contributed by atoms with Crippen molar-refractivity contribution in [3.05, 3.63) is 12.2 Å². The number of hydrogen-bond donors (Lipinski definition) is 1. The third-order valence-corrected chi connectivity index (χ3v) is 3.40. The van der Waals surface area contributed by atoms with E-state index in [9.17, 15) is 18.0 Å². The van der Waals surface area contributed by atoms with E-state index in [1.165, 1.54) is 13.8 Å². The minimum atomic E-state index is -4.65. The predicted molar refractivity (Wildman–Crippen MR) is 50.9 cm³/mol. The van der Waals surface area contributed by atoms with E-state index in [-0.39, 0.29) is 0 Å². The number of alkyl halides is 3. The molecule has 0 aliphatic heterocycles. The zero-order chi connectivity index (χ0) is 10.9. The summed E-state index contributed by atoms with van der Waals surface area (Å²) in [5, 5.41) is 0. The molecule has 0 fully saturated rings. The first-order valence-corrected chi connectivity index (χ1v) is 5.13. The van der Waals surface area contributed by atoms with Crippen LogP contribution in [0.15, 0.2) is 12.2 Å². The molecule has 0 spiro atoms. The number of ketones is 1. The quantitative estimate of drug-likeness (QED) is 0.456. The van der Waals surface area contributed by atoms with Gasteiger partial charge >= 0.3 is 6.18 Å². The Labute approximate surface area is 83.6 Å². The normalized spacial score (nSPS) is 12.8. The fraction of sp³-hybridized carbons (Fsp3) is 0.571. The van der Waals surface area contributed by atoms with Crippen molar-refractivity contribution in [3.8, 4) is 0 Å². The maximum absolute atomic E-state index is 12.0. The minimum absolute atomic E-state index is 0.764. The van der Waals surface area contributed by atoms with E-state index >= 15 is 0 Å². The van der Waals surface area contributed by atoms with Gasteiger partial charge in [0.15, 0.2) is 5.78 Å². The Morgan fingerprint density at radius 1 is 1.38 bits per heavy atom. The van der Waals surface area contributed by atoms with Crippen molar-refractivity contribution in [2.45, 2.75) is 24.8 Å². The summed E-state index contributed by atoms with van der Waals surface area (Å²) in [6.45, 7) is 5.45. The number of carbonyl (C=O) groups is 1. The largest absolute Gasteiger partial charge is 0.419 e. The molecule has 0 bridgehead atoms. The van der Waals surface area contributed by atoms with E-state index in [4.69, 9.17) is 0 Å². The SMILES string of the molecule is C=C(C(=O)C(C)(C)SS)C(F)(F)F. The molecule has 0 amide bonds. The van der Waals surface area contributed by atoms with E-state index in [1.807, 2.05) is 0 Å². The van der Waals surface area contributed by atoms with Gasteiger partial charge in [0.1, 0.15) is 0 Å². The predicted octanol–water partition coefficient (Wildman–Crippen LogP) is 3.03. The van der Waals surface area contributed by atoms with Crippen LogP contribution in [0.25, 0.3) is 0 Å². The van der Waals surface area contributed by atoms with Crippen molar-refractivity contribution in [2.75, 3.05) is 0 Å². The van der Waals surface area contributed by atoms with Crippen molar-refractivity contribution in [1.82, 2.24) is 0 Å². The van der Waals surface area contributed by atoms with Gasteiger partial charge in [0.25, 0.3) is 0 Å². The molecule has 0 N–H and O–H groups in total. The first-order valence-electron chi connectivity index (χ1n) is 3.26. The van der Waals surface area contributed by atoms with Crippen LogP contribution in [0, 0.1) is 0 Å². The molecule has 0 saturated carbocycles. The van der Waals surface area contributed by atoms with Crippen molar-refractivity contribution in [3.63, 3.8) is 0 Å². The summed E-state index contributed by atoms with van der Waals surface area (Å²) < 4.78 is 34.8. The van der Waals surface area contributed by atoms with Crippen LogP contribution in [0.5, 0.6) is 0 Å². The molecule has 0 radical (unpaired) electrons. The topological polar surface area (TPSA) is 17.1 Å². The first kappa shape index (κ1) is 12.9. The summed E-state index contributed by atoms with van der Waals surface area (Å²) in [4.78, 5) is 11.2. The highest BCUT2D eigenvalue weighted by Gasteiger charge is 2.42. The van der Waals surface area contributed by atoms with Gasteiger partial charge in [-0.3, -0.25) is 4.79 Å². The number of halogens is 3. The Bertz CT molecular complexity index is 232. The van der Waals surface area contributed by atoms with Crippen molar-refractivity contribution >= 4 is 28.2 Å². The van der Waals surface area contributed by atoms with Gasteiger partial charge in [-0.25, -0.2) is 0 Å². The van der Waals surface area contributed by atoms with Crippen molar-refractivity contribution in [1.29, 1.82) is 0 Å². The molecule has 0 aromatic heterocycles. The first-order chi connectivity index (χ1) is 5.63. The summed E-state index contributed by atoms with van der Waals surface area (Å²) >= 11 is 3.72. The van der Waals surface area contributed by atoms with Gasteiger partial charge in [-0.15, -0.1) is 11.7 Å². The fourth-order valence-electron chi connectivity index (χ4n) is 0.534. The van der Waals surface area contributed by atoms with E-state index in [0.717, 1.165) is 10.8 Å². The van der Waals surface area contributed by atoms with Crippen LogP contribution in [-0.4, -0.2) is 16.7 Å². The molecule has 0 aromatic rings. The van der Waals surface area contributed by atoms with Crippen LogP contribution in [0.4, 0.5) is 13.2 Å². The maximum atomic E-state index is 12.0. The second-order valence-electron chi connectivity index (χ2n) is 2.91. The molecule has 13 heavy (non-hydrogen) atoms. The van der Waals surface area contributed by atoms with E-state index in [0.29, 0.717) is 0 Å². The molecule has 76 valence electrons. The second kappa shape index (κ2) is 3.96. The standard InChI is InChI=1S/C7H9F3OS2/c1-4(7(8,9)10)5(11)6(2,3)13-12/h12H,1H2,2-3H3. The van der Waals surface area contributed by atoms with E-state index in [1.54, 1.807) is 0 Å². The zero-order valence-corrected chi connectivity index (χ0v) is 8.82. The van der Waals surface area contributed by atoms with Crippen molar-refractivity contribution in [2.24, 2.45) is 0 Å². The molecular formula is C7H9F3OS2. The highest BCUT2D eigenvalue weighted by Crippen LogP contribution is 2.35. The Morgan fingerprint density at radius 2 is 1.77 bits per heavy atom. The minimum Gasteiger partial charge on any atom is -0.293 e. The molecule has 0 rings (SSSR count). The Kier molecular flexibility index (Phi) is 3.93. The molecular weight excluding hydrogens is 221 g/mol. The van der Waals surface area contributed by atoms with Gasteiger partial charge in [0.2, 0.25) is 0 Å². The van der Waals surface area contributed by atoms with E-state index in [2.05, 4.69) is 18.2 Å². The third-order valence-electron chi connectivity index (χ3n) is 1.39. The summed E-state index contributed by atoms with van der Waals surface area (Å²) in [6.07, 6.45) is -4.65. The molecule has 0 unspecified atom stereocenters. The third kappa shape index (κ3) is 3.27. The van der Waals surface area contributed by atoms with Gasteiger partial charge in [0.05, 0.1) is 10.3 Å². The fourth-order valence-corrected chi connectivity index (χ4v) is 0.988. The van der Waals surface area contributed by atoms with Crippen LogP contribution in [0.1, 0.15) is 13.8 Å². The lowest BCUT2D eigenvalue weighted by Gasteiger charge is -2.21. The zero-order valence-electron chi connectivity index (χ0n) is 7.10. The molecule has 6 heteroatoms. The van der Waals surface area contributed by atoms with Gasteiger partial charge < -0.3 is 0 Å². The molecule has 0 heterocycles. The van der Waals surface area contributed by atoms with Crippen LogP contribution in [-0.2, 0) is 4.79 Å². The highest BCUT2D eigenvalue weighted by atomic mass is 33.1. The lowest BCUT2D eigenvalue weighted by molar-refractivity contribution is -0.130. The molecule has 0 atom stereocenters. The molecule has 0 aliphatic carbocycles. The number of rotatable bonds is 3. The number of Topliss-reactive ketones (excluding diaryl/α,β-unsaturated/α-hetero) is 1. The lowest BCUT2D eigenvalue weighted by atomic mass is 10.0. The number of allylic oxidation sites excluding steroid dienone is 1. The smallest absolute Gasteiger partial charge is 0.293 e. The van der Waals surface area contributed by atoms with Crippen LogP contribution in [0.2, 0.25) is 0 Å². The number of hydrogen-bond acceptors (Lipinski definition) is 3. The average Bonchev–Trinajstić information content (AvgIpc) is 2.00. The van der Waals surface area contributed by atoms with Crippen LogP contribution < -0.4 is 0 Å². The lowest BCUT2D eigenvalue weighted by Crippen LogP contribution is -2.33.